The van der Waals surface area contributed by atoms with E-state index in [9.17, 15) is 5.11 Å². The maximum Gasteiger partial charge on any atom is 0.122 e. The average Bonchev–Trinajstić information content (AvgIpc) is 2.89. The number of benzene rings is 1. The third kappa shape index (κ3) is 4.24. The van der Waals surface area contributed by atoms with Crippen molar-refractivity contribution in [3.8, 4) is 5.75 Å². The Morgan fingerprint density at radius 3 is 2.79 bits per heavy atom. The second-order valence-electron chi connectivity index (χ2n) is 5.54. The third-order valence-electron chi connectivity index (χ3n) is 3.93. The molecule has 1 unspecified atom stereocenters. The molecule has 0 aliphatic carbocycles. The van der Waals surface area contributed by atoms with Gasteiger partial charge in [-0.3, -0.25) is 0 Å². The molecular formula is C17H26O2. The van der Waals surface area contributed by atoms with Crippen molar-refractivity contribution in [2.75, 3.05) is 6.61 Å². The highest BCUT2D eigenvalue weighted by atomic mass is 16.5. The van der Waals surface area contributed by atoms with E-state index in [2.05, 4.69) is 13.0 Å². The van der Waals surface area contributed by atoms with Gasteiger partial charge in [-0.05, 0) is 29.7 Å². The van der Waals surface area contributed by atoms with Crippen molar-refractivity contribution in [1.29, 1.82) is 0 Å². The van der Waals surface area contributed by atoms with Gasteiger partial charge < -0.3 is 9.84 Å². The second kappa shape index (κ2) is 7.54. The topological polar surface area (TPSA) is 29.5 Å². The Kier molecular flexibility index (Phi) is 5.71. The van der Waals surface area contributed by atoms with Crippen LogP contribution in [0.15, 0.2) is 18.2 Å². The van der Waals surface area contributed by atoms with E-state index in [1.165, 1.54) is 37.7 Å². The van der Waals surface area contributed by atoms with Crippen LogP contribution in [0.25, 0.3) is 0 Å². The van der Waals surface area contributed by atoms with Crippen LogP contribution in [0.2, 0.25) is 0 Å². The van der Waals surface area contributed by atoms with E-state index in [0.717, 1.165) is 37.2 Å². The van der Waals surface area contributed by atoms with Crippen molar-refractivity contribution in [3.63, 3.8) is 0 Å². The molecule has 2 rings (SSSR count). The van der Waals surface area contributed by atoms with Gasteiger partial charge in [-0.2, -0.15) is 0 Å². The maximum absolute atomic E-state index is 10.2. The van der Waals surface area contributed by atoms with Crippen molar-refractivity contribution >= 4 is 0 Å². The molecule has 19 heavy (non-hydrogen) atoms. The highest BCUT2D eigenvalue weighted by Gasteiger charge is 2.15. The lowest BCUT2D eigenvalue weighted by Gasteiger charge is -2.12. The molecule has 1 aliphatic heterocycles. The summed E-state index contributed by atoms with van der Waals surface area (Å²) in [5.74, 6) is 0.996. The predicted molar refractivity (Wildman–Crippen MR) is 78.6 cm³/mol. The first-order valence-electron chi connectivity index (χ1n) is 7.75. The molecule has 1 aromatic carbocycles. The molecule has 1 aliphatic rings. The van der Waals surface area contributed by atoms with Crippen molar-refractivity contribution < 1.29 is 9.84 Å². The number of aliphatic hydroxyl groups excluding tert-OH is 1. The van der Waals surface area contributed by atoms with E-state index in [1.54, 1.807) is 0 Å². The molecule has 0 bridgehead atoms. The Morgan fingerprint density at radius 2 is 1.95 bits per heavy atom. The molecule has 0 saturated heterocycles. The monoisotopic (exact) mass is 262 g/mol. The molecule has 0 saturated carbocycles. The highest BCUT2D eigenvalue weighted by molar-refractivity contribution is 5.40. The molecular weight excluding hydrogens is 236 g/mol. The predicted octanol–water partition coefficient (Wildman–Crippen LogP) is 4.41. The van der Waals surface area contributed by atoms with Gasteiger partial charge in [0.1, 0.15) is 5.75 Å². The Balaban J connectivity index is 1.72. The fourth-order valence-corrected chi connectivity index (χ4v) is 2.70. The summed E-state index contributed by atoms with van der Waals surface area (Å²) in [6.07, 6.45) is 9.19. The van der Waals surface area contributed by atoms with E-state index in [4.69, 9.17) is 4.74 Å². The van der Waals surface area contributed by atoms with Crippen LogP contribution in [-0.4, -0.2) is 11.7 Å². The van der Waals surface area contributed by atoms with Crippen LogP contribution in [0.3, 0.4) is 0 Å². The van der Waals surface area contributed by atoms with Gasteiger partial charge in [-0.25, -0.2) is 0 Å². The zero-order valence-corrected chi connectivity index (χ0v) is 12.0. The van der Waals surface area contributed by atoms with Crippen LogP contribution in [0.4, 0.5) is 0 Å². The molecule has 1 atom stereocenters. The van der Waals surface area contributed by atoms with E-state index in [1.807, 2.05) is 12.1 Å². The number of hydrogen-bond acceptors (Lipinski definition) is 2. The summed E-state index contributed by atoms with van der Waals surface area (Å²) >= 11 is 0. The first kappa shape index (κ1) is 14.4. The molecule has 0 spiro atoms. The van der Waals surface area contributed by atoms with Crippen molar-refractivity contribution in [2.24, 2.45) is 0 Å². The van der Waals surface area contributed by atoms with Crippen LogP contribution < -0.4 is 4.74 Å². The zero-order chi connectivity index (χ0) is 13.5. The molecule has 0 amide bonds. The summed E-state index contributed by atoms with van der Waals surface area (Å²) in [6, 6.07) is 6.12. The largest absolute Gasteiger partial charge is 0.493 e. The average molecular weight is 262 g/mol. The quantitative estimate of drug-likeness (QED) is 0.703. The van der Waals surface area contributed by atoms with Crippen LogP contribution in [0.1, 0.15) is 69.1 Å². The number of fused-ring (bicyclic) bond motifs is 1. The van der Waals surface area contributed by atoms with Gasteiger partial charge in [0.15, 0.2) is 0 Å². The van der Waals surface area contributed by atoms with Gasteiger partial charge >= 0.3 is 0 Å². The van der Waals surface area contributed by atoms with Crippen LogP contribution >= 0.6 is 0 Å². The fraction of sp³-hybridized carbons (Fsp3) is 0.647. The number of ether oxygens (including phenoxy) is 1. The lowest BCUT2D eigenvalue weighted by Crippen LogP contribution is -1.98. The molecule has 2 heteroatoms. The van der Waals surface area contributed by atoms with Gasteiger partial charge in [0.25, 0.3) is 0 Å². The Bertz CT molecular complexity index is 387. The molecule has 106 valence electrons. The normalized spacial score (nSPS) is 15.1. The highest BCUT2D eigenvalue weighted by Crippen LogP contribution is 2.29. The Morgan fingerprint density at radius 1 is 1.16 bits per heavy atom. The SMILES string of the molecule is CCCCCCCCC(O)c1ccc2c(c1)CCO2. The molecule has 2 nitrogen and oxygen atoms in total. The molecule has 1 N–H and O–H groups in total. The van der Waals surface area contributed by atoms with Crippen LogP contribution in [0, 0.1) is 0 Å². The maximum atomic E-state index is 10.2. The summed E-state index contributed by atoms with van der Waals surface area (Å²) in [5.41, 5.74) is 2.30. The standard InChI is InChI=1S/C17H26O2/c1-2-3-4-5-6-7-8-16(18)14-9-10-17-15(13-14)11-12-19-17/h9-10,13,16,18H,2-8,11-12H2,1H3. The molecule has 0 fully saturated rings. The number of aliphatic hydroxyl groups is 1. The summed E-state index contributed by atoms with van der Waals surface area (Å²) in [4.78, 5) is 0. The van der Waals surface area contributed by atoms with Crippen molar-refractivity contribution in [2.45, 2.75) is 64.4 Å². The smallest absolute Gasteiger partial charge is 0.122 e. The van der Waals surface area contributed by atoms with Gasteiger partial charge in [-0.1, -0.05) is 51.5 Å². The van der Waals surface area contributed by atoms with Crippen LogP contribution in [0.5, 0.6) is 5.75 Å². The zero-order valence-electron chi connectivity index (χ0n) is 12.0. The van der Waals surface area contributed by atoms with Crippen LogP contribution in [-0.2, 0) is 6.42 Å². The summed E-state index contributed by atoms with van der Waals surface area (Å²) in [7, 11) is 0. The molecule has 1 heterocycles. The minimum Gasteiger partial charge on any atom is -0.493 e. The summed E-state index contributed by atoms with van der Waals surface area (Å²) in [5, 5.41) is 10.2. The minimum atomic E-state index is -0.308. The Labute approximate surface area is 116 Å². The first-order valence-corrected chi connectivity index (χ1v) is 7.75. The number of rotatable bonds is 8. The van der Waals surface area contributed by atoms with Crippen molar-refractivity contribution in [1.82, 2.24) is 0 Å². The fourth-order valence-electron chi connectivity index (χ4n) is 2.70. The van der Waals surface area contributed by atoms with E-state index >= 15 is 0 Å². The van der Waals surface area contributed by atoms with Crippen molar-refractivity contribution in [3.05, 3.63) is 29.3 Å². The second-order valence-corrected chi connectivity index (χ2v) is 5.54. The van der Waals surface area contributed by atoms with Gasteiger partial charge in [0, 0.05) is 6.42 Å². The van der Waals surface area contributed by atoms with E-state index in [-0.39, 0.29) is 6.10 Å². The van der Waals surface area contributed by atoms with Gasteiger partial charge in [-0.15, -0.1) is 0 Å². The third-order valence-corrected chi connectivity index (χ3v) is 3.93. The minimum absolute atomic E-state index is 0.308. The Hall–Kier alpha value is -1.02. The lowest BCUT2D eigenvalue weighted by atomic mass is 9.99. The van der Waals surface area contributed by atoms with Gasteiger partial charge in [0.2, 0.25) is 0 Å². The van der Waals surface area contributed by atoms with Gasteiger partial charge in [0.05, 0.1) is 12.7 Å². The number of hydrogen-bond donors (Lipinski definition) is 1. The molecule has 1 aromatic rings. The number of unbranched alkanes of at least 4 members (excludes halogenated alkanes) is 5. The van der Waals surface area contributed by atoms with E-state index in [0.29, 0.717) is 0 Å². The molecule has 0 radical (unpaired) electrons. The lowest BCUT2D eigenvalue weighted by molar-refractivity contribution is 0.163. The summed E-state index contributed by atoms with van der Waals surface area (Å²) in [6.45, 7) is 3.02. The summed E-state index contributed by atoms with van der Waals surface area (Å²) < 4.78 is 5.49. The molecule has 0 aromatic heterocycles. The van der Waals surface area contributed by atoms with E-state index < -0.39 is 0 Å². The first-order chi connectivity index (χ1) is 9.31.